The van der Waals surface area contributed by atoms with Crippen LogP contribution in [0.15, 0.2) is 47.4 Å². The van der Waals surface area contributed by atoms with Crippen LogP contribution in [0.1, 0.15) is 48.2 Å². The number of hydrogen-bond acceptors (Lipinski definition) is 4. The fraction of sp³-hybridized carbons (Fsp3) is 0.391. The van der Waals surface area contributed by atoms with Crippen molar-refractivity contribution in [2.75, 3.05) is 18.4 Å². The van der Waals surface area contributed by atoms with Gasteiger partial charge < -0.3 is 5.32 Å². The molecule has 2 aromatic carbocycles. The lowest BCUT2D eigenvalue weighted by Gasteiger charge is -2.31. The molecule has 160 valence electrons. The number of carbonyl (C=O) groups is 2. The topological polar surface area (TPSA) is 83.6 Å². The number of benzene rings is 2. The van der Waals surface area contributed by atoms with E-state index in [1.807, 2.05) is 25.1 Å². The summed E-state index contributed by atoms with van der Waals surface area (Å²) in [6, 6.07) is 12.1. The highest BCUT2D eigenvalue weighted by Gasteiger charge is 2.32. The minimum Gasteiger partial charge on any atom is -0.325 e. The number of nitrogens with one attached hydrogen (secondary N) is 1. The van der Waals surface area contributed by atoms with Gasteiger partial charge in [0.2, 0.25) is 15.9 Å². The Labute approximate surface area is 178 Å². The van der Waals surface area contributed by atoms with E-state index in [-0.39, 0.29) is 35.6 Å². The van der Waals surface area contributed by atoms with Crippen LogP contribution in [0.25, 0.3) is 0 Å². The van der Waals surface area contributed by atoms with Crippen molar-refractivity contribution in [2.24, 2.45) is 5.92 Å². The Balaban J connectivity index is 1.68. The van der Waals surface area contributed by atoms with Gasteiger partial charge in [-0.25, -0.2) is 8.42 Å². The van der Waals surface area contributed by atoms with E-state index in [9.17, 15) is 18.0 Å². The largest absolute Gasteiger partial charge is 0.325 e. The second-order valence-electron chi connectivity index (χ2n) is 7.71. The maximum atomic E-state index is 13.0. The van der Waals surface area contributed by atoms with Crippen molar-refractivity contribution in [1.29, 1.82) is 0 Å². The summed E-state index contributed by atoms with van der Waals surface area (Å²) in [7, 11) is -3.69. The normalized spacial score (nSPS) is 15.7. The fourth-order valence-corrected chi connectivity index (χ4v) is 5.33. The van der Waals surface area contributed by atoms with Gasteiger partial charge in [0.15, 0.2) is 5.78 Å². The molecule has 1 aliphatic rings. The monoisotopic (exact) mass is 428 g/mol. The van der Waals surface area contributed by atoms with Crippen LogP contribution in [0.3, 0.4) is 0 Å². The summed E-state index contributed by atoms with van der Waals surface area (Å²) in [6.45, 7) is 5.99. The van der Waals surface area contributed by atoms with E-state index >= 15 is 0 Å². The summed E-state index contributed by atoms with van der Waals surface area (Å²) < 4.78 is 27.3. The summed E-state index contributed by atoms with van der Waals surface area (Å²) >= 11 is 0. The van der Waals surface area contributed by atoms with Gasteiger partial charge in [-0.15, -0.1) is 0 Å². The first kappa shape index (κ1) is 22.2. The number of rotatable bonds is 6. The number of ketones is 1. The van der Waals surface area contributed by atoms with Crippen LogP contribution in [0.4, 0.5) is 5.69 Å². The van der Waals surface area contributed by atoms with Crippen LogP contribution in [0.5, 0.6) is 0 Å². The van der Waals surface area contributed by atoms with Crippen molar-refractivity contribution in [3.05, 3.63) is 59.2 Å². The minimum atomic E-state index is -3.69. The lowest BCUT2D eigenvalue weighted by atomic mass is 9.96. The quantitative estimate of drug-likeness (QED) is 0.710. The third-order valence-electron chi connectivity index (χ3n) is 5.69. The zero-order valence-electron chi connectivity index (χ0n) is 17.6. The summed E-state index contributed by atoms with van der Waals surface area (Å²) in [5.41, 5.74) is 3.35. The molecule has 3 rings (SSSR count). The van der Waals surface area contributed by atoms with Gasteiger partial charge in [-0.1, -0.05) is 37.3 Å². The second kappa shape index (κ2) is 9.10. The highest BCUT2D eigenvalue weighted by Crippen LogP contribution is 2.27. The number of para-hydroxylation sites is 1. The van der Waals surface area contributed by atoms with Crippen molar-refractivity contribution >= 4 is 27.4 Å². The van der Waals surface area contributed by atoms with E-state index in [1.54, 1.807) is 12.1 Å². The number of nitrogens with zero attached hydrogens (tertiary/aromatic N) is 1. The molecular weight excluding hydrogens is 400 g/mol. The van der Waals surface area contributed by atoms with E-state index in [1.165, 1.54) is 23.4 Å². The lowest BCUT2D eigenvalue weighted by Crippen LogP contribution is -2.41. The van der Waals surface area contributed by atoms with Crippen LogP contribution in [-0.4, -0.2) is 37.5 Å². The Kier molecular flexibility index (Phi) is 6.73. The number of sulfonamides is 1. The van der Waals surface area contributed by atoms with Crippen molar-refractivity contribution in [2.45, 2.75) is 44.9 Å². The summed E-state index contributed by atoms with van der Waals surface area (Å²) in [6.07, 6.45) is 1.75. The molecule has 0 radical (unpaired) electrons. The molecule has 30 heavy (non-hydrogen) atoms. The fourth-order valence-electron chi connectivity index (χ4n) is 3.81. The van der Waals surface area contributed by atoms with Crippen molar-refractivity contribution in [3.8, 4) is 0 Å². The van der Waals surface area contributed by atoms with Gasteiger partial charge in [-0.3, -0.25) is 9.59 Å². The Morgan fingerprint density at radius 2 is 1.77 bits per heavy atom. The van der Waals surface area contributed by atoms with Crippen molar-refractivity contribution in [3.63, 3.8) is 0 Å². The molecule has 0 spiro atoms. The Morgan fingerprint density at radius 3 is 2.40 bits per heavy atom. The third-order valence-corrected chi connectivity index (χ3v) is 7.59. The van der Waals surface area contributed by atoms with Crippen LogP contribution >= 0.6 is 0 Å². The van der Waals surface area contributed by atoms with E-state index in [2.05, 4.69) is 12.2 Å². The van der Waals surface area contributed by atoms with Gasteiger partial charge in [0.05, 0.1) is 4.90 Å². The van der Waals surface area contributed by atoms with E-state index in [0.717, 1.165) is 23.2 Å². The average molecular weight is 429 g/mol. The molecule has 1 N–H and O–H groups in total. The Bertz CT molecular complexity index is 1050. The van der Waals surface area contributed by atoms with Crippen LogP contribution in [0.2, 0.25) is 0 Å². The maximum absolute atomic E-state index is 13.0. The molecule has 1 saturated heterocycles. The number of amides is 1. The second-order valence-corrected chi connectivity index (χ2v) is 9.65. The van der Waals surface area contributed by atoms with Gasteiger partial charge in [0, 0.05) is 30.3 Å². The molecule has 0 aliphatic carbocycles. The molecule has 2 aromatic rings. The molecule has 0 atom stereocenters. The maximum Gasteiger partial charge on any atom is 0.243 e. The van der Waals surface area contributed by atoms with E-state index in [0.29, 0.717) is 18.4 Å². The SMILES string of the molecule is CCc1cccc(C)c1NC(=O)C1CCN(S(=O)(=O)c2cccc(C(C)=O)c2)CC1. The first-order valence-electron chi connectivity index (χ1n) is 10.2. The molecule has 0 saturated carbocycles. The first-order chi connectivity index (χ1) is 14.2. The molecule has 1 heterocycles. The van der Waals surface area contributed by atoms with Crippen molar-refractivity contribution in [1.82, 2.24) is 4.31 Å². The van der Waals surface area contributed by atoms with Gasteiger partial charge >= 0.3 is 0 Å². The minimum absolute atomic E-state index is 0.0605. The molecule has 0 bridgehead atoms. The molecule has 7 heteroatoms. The average Bonchev–Trinajstić information content (AvgIpc) is 2.75. The predicted molar refractivity (Wildman–Crippen MR) is 117 cm³/mol. The van der Waals surface area contributed by atoms with Gasteiger partial charge in [0.1, 0.15) is 0 Å². The molecule has 1 aliphatic heterocycles. The van der Waals surface area contributed by atoms with Gasteiger partial charge in [0.25, 0.3) is 0 Å². The van der Waals surface area contributed by atoms with Gasteiger partial charge in [-0.05, 0) is 56.4 Å². The summed E-state index contributed by atoms with van der Waals surface area (Å²) in [5, 5.41) is 3.06. The standard InChI is InChI=1S/C23H28N2O4S/c1-4-18-8-5-7-16(2)22(18)24-23(27)19-11-13-25(14-12-19)30(28,29)21-10-6-9-20(15-21)17(3)26/h5-10,15,19H,4,11-14H2,1-3H3,(H,24,27). The van der Waals surface area contributed by atoms with Crippen LogP contribution < -0.4 is 5.32 Å². The molecular formula is C23H28N2O4S. The third kappa shape index (κ3) is 4.63. The number of aryl methyl sites for hydroxylation is 2. The number of piperidine rings is 1. The highest BCUT2D eigenvalue weighted by molar-refractivity contribution is 7.89. The van der Waals surface area contributed by atoms with E-state index < -0.39 is 10.0 Å². The molecule has 0 unspecified atom stereocenters. The van der Waals surface area contributed by atoms with E-state index in [4.69, 9.17) is 0 Å². The first-order valence-corrected chi connectivity index (χ1v) is 11.7. The smallest absolute Gasteiger partial charge is 0.243 e. The zero-order valence-corrected chi connectivity index (χ0v) is 18.5. The number of Topliss-reactive ketones (excluding diaryl/α,β-unsaturated/α-hetero) is 1. The number of anilines is 1. The molecule has 1 fully saturated rings. The van der Waals surface area contributed by atoms with Crippen LogP contribution in [-0.2, 0) is 21.2 Å². The molecule has 1 amide bonds. The number of hydrogen-bond donors (Lipinski definition) is 1. The number of carbonyl (C=O) groups excluding carboxylic acids is 2. The Morgan fingerprint density at radius 1 is 1.10 bits per heavy atom. The lowest BCUT2D eigenvalue weighted by molar-refractivity contribution is -0.120. The van der Waals surface area contributed by atoms with Crippen LogP contribution in [0, 0.1) is 12.8 Å². The molecule has 6 nitrogen and oxygen atoms in total. The molecule has 0 aromatic heterocycles. The zero-order chi connectivity index (χ0) is 21.9. The predicted octanol–water partition coefficient (Wildman–Crippen LogP) is 3.80. The van der Waals surface area contributed by atoms with Crippen molar-refractivity contribution < 1.29 is 18.0 Å². The highest BCUT2D eigenvalue weighted by atomic mass is 32.2. The summed E-state index contributed by atoms with van der Waals surface area (Å²) in [5.74, 6) is -0.468. The Hall–Kier alpha value is -2.51. The summed E-state index contributed by atoms with van der Waals surface area (Å²) in [4.78, 5) is 24.5. The van der Waals surface area contributed by atoms with Gasteiger partial charge in [-0.2, -0.15) is 4.31 Å².